The van der Waals surface area contributed by atoms with Gasteiger partial charge in [-0.25, -0.2) is 4.98 Å². The molecule has 0 unspecified atom stereocenters. The molecule has 0 saturated heterocycles. The first-order chi connectivity index (χ1) is 6.90. The van der Waals surface area contributed by atoms with Crippen molar-refractivity contribution < 1.29 is 0 Å². The Kier molecular flexibility index (Phi) is 2.48. The van der Waals surface area contributed by atoms with Crippen LogP contribution in [0.25, 0.3) is 5.65 Å². The number of nitrogens with zero attached hydrogens (tertiary/aromatic N) is 2. The molecule has 2 aromatic heterocycles. The summed E-state index contributed by atoms with van der Waals surface area (Å²) in [5.74, 6) is 2.53. The van der Waals surface area contributed by atoms with E-state index in [9.17, 15) is 0 Å². The maximum absolute atomic E-state index is 5.13. The van der Waals surface area contributed by atoms with Gasteiger partial charge in [0.15, 0.2) is 0 Å². The summed E-state index contributed by atoms with van der Waals surface area (Å²) in [5, 5.41) is 3.10. The van der Waals surface area contributed by atoms with Gasteiger partial charge in [0.25, 0.3) is 0 Å². The highest BCUT2D eigenvalue weighted by molar-refractivity contribution is 5.39. The van der Waals surface area contributed by atoms with Crippen LogP contribution in [0.4, 0.5) is 0 Å². The molecule has 2 rings (SSSR count). The summed E-state index contributed by atoms with van der Waals surface area (Å²) in [6.45, 7) is 1.29. The molecule has 70 valence electrons. The predicted molar refractivity (Wildman–Crippen MR) is 55.7 cm³/mol. The van der Waals surface area contributed by atoms with Gasteiger partial charge in [-0.3, -0.25) is 0 Å². The Labute approximate surface area is 82.8 Å². The fourth-order valence-corrected chi connectivity index (χ4v) is 1.34. The highest BCUT2D eigenvalue weighted by Gasteiger charge is 1.98. The van der Waals surface area contributed by atoms with Crippen molar-refractivity contribution in [1.82, 2.24) is 14.7 Å². The fourth-order valence-electron chi connectivity index (χ4n) is 1.34. The zero-order chi connectivity index (χ0) is 9.80. The molecule has 0 aromatic carbocycles. The highest BCUT2D eigenvalue weighted by atomic mass is 15.0. The molecule has 2 aromatic rings. The van der Waals surface area contributed by atoms with Gasteiger partial charge in [0.1, 0.15) is 5.65 Å². The average Bonchev–Trinajstić information content (AvgIpc) is 2.60. The van der Waals surface area contributed by atoms with Crippen molar-refractivity contribution in [3.63, 3.8) is 0 Å². The molecule has 0 amide bonds. The van der Waals surface area contributed by atoms with Crippen molar-refractivity contribution in [2.75, 3.05) is 6.54 Å². The van der Waals surface area contributed by atoms with Crippen LogP contribution in [0.3, 0.4) is 0 Å². The van der Waals surface area contributed by atoms with Crippen LogP contribution in [0.15, 0.2) is 30.6 Å². The molecular weight excluding hydrogens is 174 g/mol. The summed E-state index contributed by atoms with van der Waals surface area (Å²) in [6.07, 6.45) is 9.11. The largest absolute Gasteiger partial charge is 0.307 e. The molecule has 0 radical (unpaired) electrons. The lowest BCUT2D eigenvalue weighted by atomic mass is 10.4. The topological polar surface area (TPSA) is 29.3 Å². The van der Waals surface area contributed by atoms with Crippen molar-refractivity contribution in [2.45, 2.75) is 6.54 Å². The van der Waals surface area contributed by atoms with Gasteiger partial charge in [0, 0.05) is 18.9 Å². The Morgan fingerprint density at radius 1 is 1.50 bits per heavy atom. The van der Waals surface area contributed by atoms with Crippen LogP contribution in [0.5, 0.6) is 0 Å². The summed E-state index contributed by atoms with van der Waals surface area (Å²) in [5.41, 5.74) is 1.97. The van der Waals surface area contributed by atoms with E-state index in [2.05, 4.69) is 16.2 Å². The minimum absolute atomic E-state index is 0.577. The van der Waals surface area contributed by atoms with Crippen LogP contribution >= 0.6 is 0 Å². The Hall–Kier alpha value is -1.79. The third-order valence-corrected chi connectivity index (χ3v) is 1.95. The Morgan fingerprint density at radius 2 is 2.43 bits per heavy atom. The summed E-state index contributed by atoms with van der Waals surface area (Å²) in [7, 11) is 0. The number of aromatic nitrogens is 2. The van der Waals surface area contributed by atoms with E-state index < -0.39 is 0 Å². The Bertz CT molecular complexity index is 432. The lowest BCUT2D eigenvalue weighted by Gasteiger charge is -1.93. The smallest absolute Gasteiger partial charge is 0.137 e. The molecule has 0 fully saturated rings. The third-order valence-electron chi connectivity index (χ3n) is 1.95. The molecule has 3 nitrogen and oxygen atoms in total. The van der Waals surface area contributed by atoms with Crippen LogP contribution < -0.4 is 5.32 Å². The molecule has 0 aliphatic heterocycles. The van der Waals surface area contributed by atoms with Gasteiger partial charge in [0.2, 0.25) is 0 Å². The number of fused-ring (bicyclic) bond motifs is 1. The van der Waals surface area contributed by atoms with Crippen molar-refractivity contribution in [2.24, 2.45) is 0 Å². The number of hydrogen-bond donors (Lipinski definition) is 1. The summed E-state index contributed by atoms with van der Waals surface area (Å²) in [4.78, 5) is 4.42. The van der Waals surface area contributed by atoms with Crippen molar-refractivity contribution in [1.29, 1.82) is 0 Å². The van der Waals surface area contributed by atoms with E-state index in [1.54, 1.807) is 0 Å². The van der Waals surface area contributed by atoms with Gasteiger partial charge >= 0.3 is 0 Å². The summed E-state index contributed by atoms with van der Waals surface area (Å²) in [6, 6.07) is 5.93. The summed E-state index contributed by atoms with van der Waals surface area (Å²) < 4.78 is 1.99. The Morgan fingerprint density at radius 3 is 3.21 bits per heavy atom. The molecule has 0 bridgehead atoms. The number of pyridine rings is 1. The van der Waals surface area contributed by atoms with Crippen LogP contribution in [-0.4, -0.2) is 15.9 Å². The maximum Gasteiger partial charge on any atom is 0.137 e. The number of rotatable bonds is 3. The first kappa shape index (κ1) is 8.79. The van der Waals surface area contributed by atoms with Gasteiger partial charge in [0.05, 0.1) is 12.2 Å². The third kappa shape index (κ3) is 1.76. The van der Waals surface area contributed by atoms with Crippen LogP contribution in [0, 0.1) is 12.3 Å². The molecule has 14 heavy (non-hydrogen) atoms. The second-order valence-electron chi connectivity index (χ2n) is 3.01. The zero-order valence-corrected chi connectivity index (χ0v) is 7.77. The molecule has 2 heterocycles. The first-order valence-electron chi connectivity index (χ1n) is 4.47. The Balaban J connectivity index is 2.15. The van der Waals surface area contributed by atoms with Gasteiger partial charge in [-0.2, -0.15) is 0 Å². The maximum atomic E-state index is 5.13. The van der Waals surface area contributed by atoms with Crippen molar-refractivity contribution >= 4 is 5.65 Å². The number of hydrogen-bond acceptors (Lipinski definition) is 2. The molecular formula is C11H11N3. The van der Waals surface area contributed by atoms with Crippen molar-refractivity contribution in [3.8, 4) is 12.3 Å². The van der Waals surface area contributed by atoms with Gasteiger partial charge in [-0.1, -0.05) is 12.0 Å². The first-order valence-corrected chi connectivity index (χ1v) is 4.47. The van der Waals surface area contributed by atoms with E-state index in [1.807, 2.05) is 35.0 Å². The van der Waals surface area contributed by atoms with Crippen molar-refractivity contribution in [3.05, 3.63) is 36.3 Å². The lowest BCUT2D eigenvalue weighted by Crippen LogP contribution is -2.13. The number of imidazole rings is 1. The minimum atomic E-state index is 0.577. The summed E-state index contributed by atoms with van der Waals surface area (Å²) >= 11 is 0. The lowest BCUT2D eigenvalue weighted by molar-refractivity contribution is 0.754. The van der Waals surface area contributed by atoms with Crippen LogP contribution in [0.2, 0.25) is 0 Å². The standard InChI is InChI=1S/C11H11N3/c1-2-6-12-8-10-9-14-7-4-3-5-11(14)13-10/h1,3-5,7,9,12H,6,8H2. The molecule has 0 aliphatic rings. The van der Waals surface area contributed by atoms with Crippen LogP contribution in [-0.2, 0) is 6.54 Å². The van der Waals surface area contributed by atoms with E-state index >= 15 is 0 Å². The second kappa shape index (κ2) is 3.95. The molecule has 0 aliphatic carbocycles. The number of terminal acetylenes is 1. The quantitative estimate of drug-likeness (QED) is 0.572. The van der Waals surface area contributed by atoms with E-state index in [0.29, 0.717) is 13.1 Å². The van der Waals surface area contributed by atoms with E-state index in [-0.39, 0.29) is 0 Å². The molecule has 0 atom stereocenters. The number of nitrogens with one attached hydrogen (secondary N) is 1. The normalized spacial score (nSPS) is 10.2. The molecule has 3 heteroatoms. The minimum Gasteiger partial charge on any atom is -0.307 e. The SMILES string of the molecule is C#CCNCc1cn2ccccc2n1. The predicted octanol–water partition coefficient (Wildman–Crippen LogP) is 1.06. The monoisotopic (exact) mass is 185 g/mol. The van der Waals surface area contributed by atoms with Crippen LogP contribution in [0.1, 0.15) is 5.69 Å². The van der Waals surface area contributed by atoms with Gasteiger partial charge < -0.3 is 9.72 Å². The zero-order valence-electron chi connectivity index (χ0n) is 7.77. The van der Waals surface area contributed by atoms with E-state index in [4.69, 9.17) is 6.42 Å². The van der Waals surface area contributed by atoms with E-state index in [0.717, 1.165) is 11.3 Å². The van der Waals surface area contributed by atoms with Gasteiger partial charge in [-0.05, 0) is 12.1 Å². The van der Waals surface area contributed by atoms with E-state index in [1.165, 1.54) is 0 Å². The molecule has 0 spiro atoms. The fraction of sp³-hybridized carbons (Fsp3) is 0.182. The molecule has 0 saturated carbocycles. The molecule has 1 N–H and O–H groups in total. The van der Waals surface area contributed by atoms with Gasteiger partial charge in [-0.15, -0.1) is 6.42 Å². The average molecular weight is 185 g/mol. The second-order valence-corrected chi connectivity index (χ2v) is 3.01. The highest BCUT2D eigenvalue weighted by Crippen LogP contribution is 2.03.